The van der Waals surface area contributed by atoms with Crippen LogP contribution in [0.25, 0.3) is 27.6 Å². The standard InChI is InChI=1S/C22H15FN4OS/c23-14-9-11-15(12-10-14)24-20(28)13-29-22-26-17-6-2-1-5-16(17)21-25-18-7-3-4-8-19(18)27(21)22/h1-12H,13H2,(H,24,28). The van der Waals surface area contributed by atoms with Gasteiger partial charge in [-0.25, -0.2) is 14.4 Å². The van der Waals surface area contributed by atoms with Gasteiger partial charge < -0.3 is 5.32 Å². The predicted octanol–water partition coefficient (Wildman–Crippen LogP) is 4.91. The number of imidazole rings is 1. The maximum atomic E-state index is 13.0. The van der Waals surface area contributed by atoms with E-state index in [0.29, 0.717) is 10.8 Å². The van der Waals surface area contributed by atoms with Gasteiger partial charge in [0.2, 0.25) is 5.91 Å². The number of hydrogen-bond acceptors (Lipinski definition) is 4. The zero-order chi connectivity index (χ0) is 19.8. The van der Waals surface area contributed by atoms with Gasteiger partial charge in [0.1, 0.15) is 11.5 Å². The van der Waals surface area contributed by atoms with Crippen molar-refractivity contribution in [2.45, 2.75) is 5.16 Å². The van der Waals surface area contributed by atoms with Crippen molar-refractivity contribution in [2.75, 3.05) is 11.1 Å². The van der Waals surface area contributed by atoms with Crippen molar-refractivity contribution in [3.05, 3.63) is 78.6 Å². The Morgan fingerprint density at radius 3 is 2.48 bits per heavy atom. The lowest BCUT2D eigenvalue weighted by molar-refractivity contribution is -0.113. The number of fused-ring (bicyclic) bond motifs is 5. The summed E-state index contributed by atoms with van der Waals surface area (Å²) < 4.78 is 15.0. The van der Waals surface area contributed by atoms with Crippen molar-refractivity contribution >= 4 is 50.9 Å². The largest absolute Gasteiger partial charge is 0.325 e. The first-order valence-electron chi connectivity index (χ1n) is 9.03. The van der Waals surface area contributed by atoms with Gasteiger partial charge in [0, 0.05) is 11.1 Å². The fourth-order valence-corrected chi connectivity index (χ4v) is 4.08. The van der Waals surface area contributed by atoms with Crippen LogP contribution in [0.2, 0.25) is 0 Å². The number of aromatic nitrogens is 3. The zero-order valence-electron chi connectivity index (χ0n) is 15.2. The highest BCUT2D eigenvalue weighted by atomic mass is 32.2. The lowest BCUT2D eigenvalue weighted by Gasteiger charge is -2.09. The number of nitrogens with zero attached hydrogens (tertiary/aromatic N) is 3. The molecule has 2 heterocycles. The van der Waals surface area contributed by atoms with Crippen LogP contribution in [0.3, 0.4) is 0 Å². The molecule has 5 aromatic rings. The number of anilines is 1. The van der Waals surface area contributed by atoms with Crippen LogP contribution >= 0.6 is 11.8 Å². The highest BCUT2D eigenvalue weighted by Crippen LogP contribution is 2.28. The van der Waals surface area contributed by atoms with Gasteiger partial charge in [-0.05, 0) is 48.5 Å². The molecule has 0 saturated carbocycles. The average Bonchev–Trinajstić information content (AvgIpc) is 3.14. The Morgan fingerprint density at radius 1 is 0.931 bits per heavy atom. The first-order valence-corrected chi connectivity index (χ1v) is 10.0. The second-order valence-corrected chi connectivity index (χ2v) is 7.46. The van der Waals surface area contributed by atoms with Gasteiger partial charge in [-0.3, -0.25) is 9.20 Å². The Balaban J connectivity index is 1.51. The van der Waals surface area contributed by atoms with E-state index in [2.05, 4.69) is 5.32 Å². The fourth-order valence-electron chi connectivity index (χ4n) is 3.27. The van der Waals surface area contributed by atoms with Crippen LogP contribution in [-0.2, 0) is 4.79 Å². The summed E-state index contributed by atoms with van der Waals surface area (Å²) >= 11 is 1.34. The number of halogens is 1. The SMILES string of the molecule is O=C(CSc1nc2ccccc2c2nc3ccccc3n12)Nc1ccc(F)cc1. The zero-order valence-corrected chi connectivity index (χ0v) is 16.0. The molecule has 0 unspecified atom stereocenters. The molecule has 29 heavy (non-hydrogen) atoms. The number of carbonyl (C=O) groups is 1. The Labute approximate surface area is 169 Å². The minimum absolute atomic E-state index is 0.171. The molecule has 5 rings (SSSR count). The van der Waals surface area contributed by atoms with Gasteiger partial charge in [0.05, 0.1) is 22.3 Å². The summed E-state index contributed by atoms with van der Waals surface area (Å²) in [6.07, 6.45) is 0. The van der Waals surface area contributed by atoms with E-state index in [1.807, 2.05) is 52.9 Å². The van der Waals surface area contributed by atoms with Crippen LogP contribution in [0.1, 0.15) is 0 Å². The summed E-state index contributed by atoms with van der Waals surface area (Å²) in [4.78, 5) is 21.9. The Kier molecular flexibility index (Phi) is 4.37. The van der Waals surface area contributed by atoms with Crippen molar-refractivity contribution in [1.29, 1.82) is 0 Å². The summed E-state index contributed by atoms with van der Waals surface area (Å²) in [7, 11) is 0. The maximum Gasteiger partial charge on any atom is 0.234 e. The Morgan fingerprint density at radius 2 is 1.66 bits per heavy atom. The van der Waals surface area contributed by atoms with Crippen molar-refractivity contribution in [1.82, 2.24) is 14.4 Å². The van der Waals surface area contributed by atoms with Crippen molar-refractivity contribution < 1.29 is 9.18 Å². The molecular weight excluding hydrogens is 387 g/mol. The van der Waals surface area contributed by atoms with Gasteiger partial charge in [0.15, 0.2) is 5.16 Å². The quantitative estimate of drug-likeness (QED) is 0.343. The lowest BCUT2D eigenvalue weighted by atomic mass is 10.2. The van der Waals surface area contributed by atoms with Crippen LogP contribution in [-0.4, -0.2) is 26.0 Å². The topological polar surface area (TPSA) is 59.3 Å². The maximum absolute atomic E-state index is 13.0. The molecule has 0 spiro atoms. The third kappa shape index (κ3) is 3.30. The lowest BCUT2D eigenvalue weighted by Crippen LogP contribution is -2.14. The number of hydrogen-bond donors (Lipinski definition) is 1. The van der Waals surface area contributed by atoms with Gasteiger partial charge in [-0.15, -0.1) is 0 Å². The number of benzene rings is 3. The van der Waals surface area contributed by atoms with E-state index in [4.69, 9.17) is 9.97 Å². The number of amides is 1. The van der Waals surface area contributed by atoms with Gasteiger partial charge in [0.25, 0.3) is 0 Å². The Hall–Kier alpha value is -3.45. The van der Waals surface area contributed by atoms with Crippen LogP contribution < -0.4 is 5.32 Å². The summed E-state index contributed by atoms with van der Waals surface area (Å²) in [6.45, 7) is 0. The number of thioether (sulfide) groups is 1. The van der Waals surface area contributed by atoms with Crippen molar-refractivity contribution in [2.24, 2.45) is 0 Å². The van der Waals surface area contributed by atoms with E-state index in [-0.39, 0.29) is 17.5 Å². The molecule has 142 valence electrons. The van der Waals surface area contributed by atoms with Gasteiger partial charge in [-0.2, -0.15) is 0 Å². The summed E-state index contributed by atoms with van der Waals surface area (Å²) in [5.41, 5.74) is 4.03. The second kappa shape index (κ2) is 7.18. The molecule has 7 heteroatoms. The highest BCUT2D eigenvalue weighted by molar-refractivity contribution is 7.99. The van der Waals surface area contributed by atoms with Crippen molar-refractivity contribution in [3.8, 4) is 0 Å². The minimum atomic E-state index is -0.341. The van der Waals surface area contributed by atoms with E-state index in [0.717, 1.165) is 27.6 Å². The molecule has 0 aliphatic heterocycles. The molecule has 0 fully saturated rings. The number of rotatable bonds is 4. The molecule has 0 saturated heterocycles. The molecule has 0 radical (unpaired) electrons. The molecular formula is C22H15FN4OS. The minimum Gasteiger partial charge on any atom is -0.325 e. The van der Waals surface area contributed by atoms with E-state index in [1.54, 1.807) is 0 Å². The van der Waals surface area contributed by atoms with Gasteiger partial charge in [-0.1, -0.05) is 36.0 Å². The van der Waals surface area contributed by atoms with Crippen LogP contribution in [0.5, 0.6) is 0 Å². The molecule has 0 aliphatic carbocycles. The van der Waals surface area contributed by atoms with Crippen LogP contribution in [0, 0.1) is 5.82 Å². The van der Waals surface area contributed by atoms with Gasteiger partial charge >= 0.3 is 0 Å². The smallest absolute Gasteiger partial charge is 0.234 e. The van der Waals surface area contributed by atoms with Crippen LogP contribution in [0.4, 0.5) is 10.1 Å². The molecule has 5 nitrogen and oxygen atoms in total. The third-order valence-corrected chi connectivity index (χ3v) is 5.51. The molecule has 3 aromatic carbocycles. The first-order chi connectivity index (χ1) is 14.2. The van der Waals surface area contributed by atoms with Crippen molar-refractivity contribution in [3.63, 3.8) is 0 Å². The molecule has 0 aliphatic rings. The second-order valence-electron chi connectivity index (χ2n) is 6.51. The summed E-state index contributed by atoms with van der Waals surface area (Å²) in [5, 5.41) is 4.43. The Bertz CT molecular complexity index is 1360. The molecule has 0 atom stereocenters. The number of para-hydroxylation sites is 3. The van der Waals surface area contributed by atoms with E-state index >= 15 is 0 Å². The van der Waals surface area contributed by atoms with E-state index in [9.17, 15) is 9.18 Å². The normalized spacial score (nSPS) is 11.3. The molecule has 0 bridgehead atoms. The highest BCUT2D eigenvalue weighted by Gasteiger charge is 2.15. The monoisotopic (exact) mass is 402 g/mol. The van der Waals surface area contributed by atoms with E-state index in [1.165, 1.54) is 36.0 Å². The summed E-state index contributed by atoms with van der Waals surface area (Å²) in [5.74, 6) is -0.356. The number of nitrogens with one attached hydrogen (secondary N) is 1. The fraction of sp³-hybridized carbons (Fsp3) is 0.0455. The number of carbonyl (C=O) groups excluding carboxylic acids is 1. The third-order valence-electron chi connectivity index (χ3n) is 4.57. The molecule has 1 N–H and O–H groups in total. The van der Waals surface area contributed by atoms with Crippen LogP contribution in [0.15, 0.2) is 78.0 Å². The van der Waals surface area contributed by atoms with E-state index < -0.39 is 0 Å². The average molecular weight is 402 g/mol. The summed E-state index contributed by atoms with van der Waals surface area (Å²) in [6, 6.07) is 21.4. The first kappa shape index (κ1) is 17.6. The predicted molar refractivity (Wildman–Crippen MR) is 114 cm³/mol. The molecule has 2 aromatic heterocycles. The molecule has 1 amide bonds.